The van der Waals surface area contributed by atoms with Crippen molar-refractivity contribution in [1.82, 2.24) is 9.97 Å². The van der Waals surface area contributed by atoms with Gasteiger partial charge < -0.3 is 16.0 Å². The van der Waals surface area contributed by atoms with E-state index in [0.717, 1.165) is 25.3 Å². The van der Waals surface area contributed by atoms with Crippen LogP contribution in [0.2, 0.25) is 0 Å². The molecule has 0 radical (unpaired) electrons. The summed E-state index contributed by atoms with van der Waals surface area (Å²) in [5, 5.41) is 3.08. The minimum atomic E-state index is 0. The molecular weight excluding hydrogens is 273 g/mol. The predicted molar refractivity (Wildman–Crippen MR) is 80.0 cm³/mol. The van der Waals surface area contributed by atoms with Crippen LogP contribution in [0.25, 0.3) is 0 Å². The van der Waals surface area contributed by atoms with E-state index in [1.165, 1.54) is 0 Å². The average molecular weight is 292 g/mol. The summed E-state index contributed by atoms with van der Waals surface area (Å²) < 4.78 is 0. The second-order valence-corrected chi connectivity index (χ2v) is 3.66. The Labute approximate surface area is 120 Å². The zero-order valence-corrected chi connectivity index (χ0v) is 11.7. The van der Waals surface area contributed by atoms with E-state index in [9.17, 15) is 0 Å². The van der Waals surface area contributed by atoms with Gasteiger partial charge in [-0.25, -0.2) is 4.98 Å². The average Bonchev–Trinajstić information content (AvgIpc) is 2.38. The Hall–Kier alpha value is -1.04. The number of anilines is 2. The lowest BCUT2D eigenvalue weighted by molar-refractivity contribution is 0.802. The first-order valence-electron chi connectivity index (χ1n) is 5.57. The third-order valence-corrected chi connectivity index (χ3v) is 2.45. The van der Waals surface area contributed by atoms with Crippen molar-refractivity contribution in [2.45, 2.75) is 6.42 Å². The third kappa shape index (κ3) is 4.68. The number of nitrogens with two attached hydrogens (primary N) is 1. The highest BCUT2D eigenvalue weighted by molar-refractivity contribution is 5.85. The first-order valence-corrected chi connectivity index (χ1v) is 5.57. The fourth-order valence-electron chi connectivity index (χ4n) is 1.64. The van der Waals surface area contributed by atoms with Crippen LogP contribution in [-0.2, 0) is 0 Å². The van der Waals surface area contributed by atoms with Gasteiger partial charge in [-0.05, 0) is 12.5 Å². The molecule has 1 aromatic heterocycles. The fourth-order valence-corrected chi connectivity index (χ4v) is 1.64. The number of nitrogens with one attached hydrogen (secondary N) is 1. The van der Waals surface area contributed by atoms with E-state index in [4.69, 9.17) is 5.73 Å². The molecule has 0 saturated heterocycles. The van der Waals surface area contributed by atoms with Gasteiger partial charge in [-0.2, -0.15) is 4.98 Å². The van der Waals surface area contributed by atoms with Crippen LogP contribution in [0.4, 0.5) is 11.8 Å². The van der Waals surface area contributed by atoms with Crippen LogP contribution in [0.3, 0.4) is 0 Å². The highest BCUT2D eigenvalue weighted by atomic mass is 35.5. The Morgan fingerprint density at radius 1 is 1.33 bits per heavy atom. The van der Waals surface area contributed by atoms with Crippen molar-refractivity contribution < 1.29 is 0 Å². The van der Waals surface area contributed by atoms with Crippen LogP contribution in [0.1, 0.15) is 6.42 Å². The van der Waals surface area contributed by atoms with Crippen LogP contribution in [0, 0.1) is 0 Å². The van der Waals surface area contributed by atoms with E-state index < -0.39 is 0 Å². The summed E-state index contributed by atoms with van der Waals surface area (Å²) in [5.41, 5.74) is 5.42. The highest BCUT2D eigenvalue weighted by Gasteiger charge is 2.09. The standard InChI is InChI=1S/C11H17N5.2ClH/c12-5-7-14-11-13-6-4-10(15-11)16-8-2-1-3-9-16;;/h1-2,4,6H,3,5,7-9,12H2,(H,13,14,15);2*1H. The molecule has 0 spiro atoms. The quantitative estimate of drug-likeness (QED) is 0.822. The largest absolute Gasteiger partial charge is 0.353 e. The molecule has 102 valence electrons. The molecule has 5 nitrogen and oxygen atoms in total. The summed E-state index contributed by atoms with van der Waals surface area (Å²) in [6.07, 6.45) is 7.22. The molecule has 2 rings (SSSR count). The Balaban J connectivity index is 0.00000144. The molecule has 2 heterocycles. The van der Waals surface area contributed by atoms with Gasteiger partial charge in [0.2, 0.25) is 5.95 Å². The molecular formula is C11H19Cl2N5. The van der Waals surface area contributed by atoms with Crippen LogP contribution in [0.15, 0.2) is 24.4 Å². The van der Waals surface area contributed by atoms with Crippen molar-refractivity contribution in [3.05, 3.63) is 24.4 Å². The molecule has 0 atom stereocenters. The molecule has 1 aromatic rings. The van der Waals surface area contributed by atoms with Crippen LogP contribution < -0.4 is 16.0 Å². The Morgan fingerprint density at radius 2 is 2.17 bits per heavy atom. The number of halogens is 2. The van der Waals surface area contributed by atoms with Gasteiger partial charge in [0.05, 0.1) is 0 Å². The summed E-state index contributed by atoms with van der Waals surface area (Å²) in [4.78, 5) is 10.8. The number of rotatable bonds is 4. The van der Waals surface area contributed by atoms with Crippen molar-refractivity contribution in [3.63, 3.8) is 0 Å². The second kappa shape index (κ2) is 8.97. The zero-order valence-electron chi connectivity index (χ0n) is 10.1. The van der Waals surface area contributed by atoms with E-state index >= 15 is 0 Å². The highest BCUT2D eigenvalue weighted by Crippen LogP contribution is 2.14. The third-order valence-electron chi connectivity index (χ3n) is 2.45. The lowest BCUT2D eigenvalue weighted by Gasteiger charge is -2.24. The van der Waals surface area contributed by atoms with E-state index in [0.29, 0.717) is 19.0 Å². The van der Waals surface area contributed by atoms with Gasteiger partial charge in [0, 0.05) is 32.4 Å². The smallest absolute Gasteiger partial charge is 0.224 e. The van der Waals surface area contributed by atoms with Gasteiger partial charge in [0.15, 0.2) is 0 Å². The minimum Gasteiger partial charge on any atom is -0.353 e. The summed E-state index contributed by atoms with van der Waals surface area (Å²) >= 11 is 0. The van der Waals surface area contributed by atoms with Gasteiger partial charge >= 0.3 is 0 Å². The SMILES string of the molecule is Cl.Cl.NCCNc1nccc(N2CC=CCC2)n1. The molecule has 0 fully saturated rings. The maximum Gasteiger partial charge on any atom is 0.224 e. The number of aromatic nitrogens is 2. The monoisotopic (exact) mass is 291 g/mol. The summed E-state index contributed by atoms with van der Waals surface area (Å²) in [6, 6.07) is 1.94. The Kier molecular flexibility index (Phi) is 8.45. The van der Waals surface area contributed by atoms with Crippen molar-refractivity contribution in [3.8, 4) is 0 Å². The molecule has 0 aliphatic carbocycles. The van der Waals surface area contributed by atoms with Gasteiger partial charge in [-0.3, -0.25) is 0 Å². The van der Waals surface area contributed by atoms with E-state index in [2.05, 4.69) is 32.3 Å². The van der Waals surface area contributed by atoms with Crippen LogP contribution >= 0.6 is 24.8 Å². The van der Waals surface area contributed by atoms with Crippen LogP contribution in [0.5, 0.6) is 0 Å². The number of nitrogens with zero attached hydrogens (tertiary/aromatic N) is 3. The summed E-state index contributed by atoms with van der Waals surface area (Å²) in [6.45, 7) is 3.22. The first-order chi connectivity index (χ1) is 7.90. The Morgan fingerprint density at radius 3 is 2.83 bits per heavy atom. The summed E-state index contributed by atoms with van der Waals surface area (Å²) in [7, 11) is 0. The molecule has 1 aliphatic heterocycles. The van der Waals surface area contributed by atoms with Gasteiger partial charge in [-0.1, -0.05) is 12.2 Å². The fraction of sp³-hybridized carbons (Fsp3) is 0.455. The van der Waals surface area contributed by atoms with E-state index in [1.54, 1.807) is 6.20 Å². The molecule has 7 heteroatoms. The molecule has 0 unspecified atom stereocenters. The molecule has 1 aliphatic rings. The van der Waals surface area contributed by atoms with Crippen molar-refractivity contribution in [2.75, 3.05) is 36.4 Å². The molecule has 18 heavy (non-hydrogen) atoms. The number of hydrogen-bond acceptors (Lipinski definition) is 5. The molecule has 0 amide bonds. The second-order valence-electron chi connectivity index (χ2n) is 3.66. The number of hydrogen-bond donors (Lipinski definition) is 2. The van der Waals surface area contributed by atoms with E-state index in [1.807, 2.05) is 6.07 Å². The minimum absolute atomic E-state index is 0. The summed E-state index contributed by atoms with van der Waals surface area (Å²) in [5.74, 6) is 1.62. The molecule has 0 bridgehead atoms. The lowest BCUT2D eigenvalue weighted by Crippen LogP contribution is -2.28. The molecule has 0 aromatic carbocycles. The van der Waals surface area contributed by atoms with Crippen LogP contribution in [-0.4, -0.2) is 36.1 Å². The van der Waals surface area contributed by atoms with Gasteiger partial charge in [0.1, 0.15) is 5.82 Å². The van der Waals surface area contributed by atoms with Crippen molar-refractivity contribution in [1.29, 1.82) is 0 Å². The maximum atomic E-state index is 5.42. The predicted octanol–water partition coefficient (Wildman–Crippen LogP) is 1.46. The molecule has 0 saturated carbocycles. The topological polar surface area (TPSA) is 67.1 Å². The lowest BCUT2D eigenvalue weighted by atomic mass is 10.2. The maximum absolute atomic E-state index is 5.42. The van der Waals surface area contributed by atoms with Crippen molar-refractivity contribution >= 4 is 36.6 Å². The van der Waals surface area contributed by atoms with Gasteiger partial charge in [-0.15, -0.1) is 24.8 Å². The first kappa shape index (κ1) is 17.0. The zero-order chi connectivity index (χ0) is 11.2. The Bertz CT molecular complexity index is 372. The normalized spacial score (nSPS) is 13.5. The van der Waals surface area contributed by atoms with E-state index in [-0.39, 0.29) is 24.8 Å². The van der Waals surface area contributed by atoms with Gasteiger partial charge in [0.25, 0.3) is 0 Å². The van der Waals surface area contributed by atoms with Crippen molar-refractivity contribution in [2.24, 2.45) is 5.73 Å². The molecule has 3 N–H and O–H groups in total.